The molecule has 0 fully saturated rings. The van der Waals surface area contributed by atoms with Crippen LogP contribution in [0.4, 0.5) is 5.69 Å². The van der Waals surface area contributed by atoms with E-state index in [-0.39, 0.29) is 12.1 Å². The van der Waals surface area contributed by atoms with Crippen LogP contribution in [0.2, 0.25) is 10.0 Å². The van der Waals surface area contributed by atoms with Crippen molar-refractivity contribution < 1.29 is 14.1 Å². The summed E-state index contributed by atoms with van der Waals surface area (Å²) >= 11 is 24.7. The first-order chi connectivity index (χ1) is 19.0. The highest BCUT2D eigenvalue weighted by molar-refractivity contribution is 6.54. The van der Waals surface area contributed by atoms with Gasteiger partial charge in [-0.1, -0.05) is 81.9 Å². The van der Waals surface area contributed by atoms with Gasteiger partial charge in [-0.05, 0) is 63.6 Å². The lowest BCUT2D eigenvalue weighted by atomic mass is 10.1. The summed E-state index contributed by atoms with van der Waals surface area (Å²) in [7, 11) is 0. The third kappa shape index (κ3) is 7.18. The van der Waals surface area contributed by atoms with Crippen LogP contribution in [0.5, 0.6) is 0 Å². The summed E-state index contributed by atoms with van der Waals surface area (Å²) < 4.78 is 11.6. The standard InChI is InChI=1S/C30H27Cl4N3O3/c1-5-25(39-30(2,3)4)19-11-9-18(10-12-19)17-37(29(38)28(33)34)20-13-14-35-23(15-20)26-16-24(36-40-26)27-21(31)7-6-8-22(27)32/h5-16,28H,17H2,1-4H3/b25-5-. The molecule has 2 aromatic heterocycles. The number of carbonyl (C=O) groups excluding carboxylic acids is 1. The predicted octanol–water partition coefficient (Wildman–Crippen LogP) is 9.22. The minimum Gasteiger partial charge on any atom is -0.488 e. The second-order valence-electron chi connectivity index (χ2n) is 9.86. The van der Waals surface area contributed by atoms with Gasteiger partial charge < -0.3 is 14.2 Å². The topological polar surface area (TPSA) is 68.5 Å². The van der Waals surface area contributed by atoms with Gasteiger partial charge in [0.25, 0.3) is 5.91 Å². The molecule has 4 aromatic rings. The Morgan fingerprint density at radius 3 is 2.30 bits per heavy atom. The zero-order chi connectivity index (χ0) is 29.0. The van der Waals surface area contributed by atoms with E-state index in [0.717, 1.165) is 16.9 Å². The molecule has 2 heterocycles. The van der Waals surface area contributed by atoms with Gasteiger partial charge in [0.2, 0.25) is 0 Å². The van der Waals surface area contributed by atoms with Crippen LogP contribution in [0.1, 0.15) is 38.8 Å². The van der Waals surface area contributed by atoms with E-state index >= 15 is 0 Å². The number of nitrogens with zero attached hydrogens (tertiary/aromatic N) is 3. The molecule has 0 atom stereocenters. The Labute approximate surface area is 253 Å². The van der Waals surface area contributed by atoms with Crippen LogP contribution in [0, 0.1) is 0 Å². The molecule has 0 aliphatic carbocycles. The normalized spacial score (nSPS) is 12.1. The van der Waals surface area contributed by atoms with Gasteiger partial charge in [0, 0.05) is 29.1 Å². The highest BCUT2D eigenvalue weighted by Crippen LogP contribution is 2.36. The van der Waals surface area contributed by atoms with Crippen LogP contribution >= 0.6 is 46.4 Å². The minimum absolute atomic E-state index is 0.223. The Bertz CT molecular complexity index is 1510. The summed E-state index contributed by atoms with van der Waals surface area (Å²) in [6, 6.07) is 18.0. The van der Waals surface area contributed by atoms with Gasteiger partial charge in [0.15, 0.2) is 10.6 Å². The molecule has 0 spiro atoms. The lowest BCUT2D eigenvalue weighted by Crippen LogP contribution is -2.34. The molecule has 0 unspecified atom stereocenters. The second-order valence-corrected chi connectivity index (χ2v) is 11.8. The third-order valence-electron chi connectivity index (χ3n) is 5.75. The Balaban J connectivity index is 1.62. The van der Waals surface area contributed by atoms with Gasteiger partial charge >= 0.3 is 0 Å². The first kappa shape index (κ1) is 29.9. The molecule has 0 aliphatic rings. The van der Waals surface area contributed by atoms with Crippen LogP contribution in [0.15, 0.2) is 77.5 Å². The van der Waals surface area contributed by atoms with E-state index in [2.05, 4.69) is 10.1 Å². The molecule has 6 nitrogen and oxygen atoms in total. The highest BCUT2D eigenvalue weighted by Gasteiger charge is 2.24. The van der Waals surface area contributed by atoms with E-state index in [9.17, 15) is 4.79 Å². The van der Waals surface area contributed by atoms with Crippen molar-refractivity contribution in [3.63, 3.8) is 0 Å². The molecule has 0 saturated heterocycles. The average molecular weight is 619 g/mol. The number of anilines is 1. The molecule has 1 amide bonds. The van der Waals surface area contributed by atoms with E-state index in [1.54, 1.807) is 42.6 Å². The summed E-state index contributed by atoms with van der Waals surface area (Å²) in [6.45, 7) is 8.14. The molecular weight excluding hydrogens is 592 g/mol. The average Bonchev–Trinajstić information content (AvgIpc) is 3.39. The Morgan fingerprint density at radius 2 is 1.70 bits per heavy atom. The van der Waals surface area contributed by atoms with Gasteiger partial charge in [0.05, 0.1) is 16.6 Å². The van der Waals surface area contributed by atoms with Crippen molar-refractivity contribution in [2.75, 3.05) is 4.90 Å². The number of hydrogen-bond donors (Lipinski definition) is 0. The molecule has 208 valence electrons. The van der Waals surface area contributed by atoms with Crippen molar-refractivity contribution in [1.82, 2.24) is 10.1 Å². The fourth-order valence-electron chi connectivity index (χ4n) is 3.96. The molecule has 4 rings (SSSR count). The van der Waals surface area contributed by atoms with Crippen molar-refractivity contribution in [2.45, 2.75) is 44.7 Å². The number of allylic oxidation sites excluding steroid dienone is 1. The molecule has 0 radical (unpaired) electrons. The maximum absolute atomic E-state index is 13.1. The number of carbonyl (C=O) groups is 1. The Hall–Kier alpha value is -3.03. The molecule has 10 heteroatoms. The van der Waals surface area contributed by atoms with E-state index in [1.165, 1.54) is 4.90 Å². The molecule has 0 aliphatic heterocycles. The summed E-state index contributed by atoms with van der Waals surface area (Å²) in [5.74, 6) is 0.670. The van der Waals surface area contributed by atoms with Gasteiger partial charge in [-0.25, -0.2) is 0 Å². The van der Waals surface area contributed by atoms with E-state index < -0.39 is 10.7 Å². The van der Waals surface area contributed by atoms with Crippen molar-refractivity contribution >= 4 is 63.8 Å². The number of aromatic nitrogens is 2. The Morgan fingerprint density at radius 1 is 1.02 bits per heavy atom. The first-order valence-corrected chi connectivity index (χ1v) is 14.0. The van der Waals surface area contributed by atoms with Crippen molar-refractivity contribution in [2.24, 2.45) is 0 Å². The van der Waals surface area contributed by atoms with Crippen LogP contribution < -0.4 is 4.90 Å². The number of ether oxygens (including phenoxy) is 1. The fraction of sp³-hybridized carbons (Fsp3) is 0.233. The van der Waals surface area contributed by atoms with Crippen LogP contribution in [0.3, 0.4) is 0 Å². The lowest BCUT2D eigenvalue weighted by molar-refractivity contribution is -0.117. The second kappa shape index (κ2) is 12.6. The molecule has 0 bridgehead atoms. The van der Waals surface area contributed by atoms with Gasteiger partial charge in [0.1, 0.15) is 22.7 Å². The summed E-state index contributed by atoms with van der Waals surface area (Å²) in [5.41, 5.74) is 3.46. The third-order valence-corrected chi connectivity index (χ3v) is 6.75. The van der Waals surface area contributed by atoms with Gasteiger partial charge in [-0.3, -0.25) is 9.78 Å². The molecule has 2 aromatic carbocycles. The lowest BCUT2D eigenvalue weighted by Gasteiger charge is -2.25. The number of benzene rings is 2. The summed E-state index contributed by atoms with van der Waals surface area (Å²) in [4.78, 5) is 17.7. The summed E-state index contributed by atoms with van der Waals surface area (Å²) in [5, 5.41) is 5.01. The fourth-order valence-corrected chi connectivity index (χ4v) is 4.79. The van der Waals surface area contributed by atoms with Crippen LogP contribution in [0.25, 0.3) is 28.5 Å². The maximum atomic E-state index is 13.1. The number of alkyl halides is 2. The van der Waals surface area contributed by atoms with Gasteiger partial charge in [-0.2, -0.15) is 0 Å². The van der Waals surface area contributed by atoms with Crippen molar-refractivity contribution in [3.05, 3.63) is 94.1 Å². The largest absolute Gasteiger partial charge is 0.488 e. The Kier molecular flexibility index (Phi) is 9.47. The monoisotopic (exact) mass is 617 g/mol. The number of hydrogen-bond acceptors (Lipinski definition) is 5. The van der Waals surface area contributed by atoms with Crippen molar-refractivity contribution in [3.8, 4) is 22.7 Å². The van der Waals surface area contributed by atoms with Gasteiger partial charge in [-0.15, -0.1) is 0 Å². The number of pyridine rings is 1. The number of rotatable bonds is 8. The molecule has 0 N–H and O–H groups in total. The van der Waals surface area contributed by atoms with E-state index in [4.69, 9.17) is 55.7 Å². The quantitative estimate of drug-likeness (QED) is 0.145. The SMILES string of the molecule is C/C=C(\OC(C)(C)C)c1ccc(CN(C(=O)C(Cl)Cl)c2ccnc(-c3cc(-c4c(Cl)cccc4Cl)no3)c2)cc1. The maximum Gasteiger partial charge on any atom is 0.260 e. The number of amides is 1. The highest BCUT2D eigenvalue weighted by atomic mass is 35.5. The minimum atomic E-state index is -1.26. The molecule has 40 heavy (non-hydrogen) atoms. The smallest absolute Gasteiger partial charge is 0.260 e. The zero-order valence-electron chi connectivity index (χ0n) is 22.3. The zero-order valence-corrected chi connectivity index (χ0v) is 25.3. The van der Waals surface area contributed by atoms with E-state index in [1.807, 2.05) is 58.0 Å². The van der Waals surface area contributed by atoms with Crippen molar-refractivity contribution in [1.29, 1.82) is 0 Å². The summed E-state index contributed by atoms with van der Waals surface area (Å²) in [6.07, 6.45) is 3.49. The van der Waals surface area contributed by atoms with Crippen LogP contribution in [-0.4, -0.2) is 26.5 Å². The predicted molar refractivity (Wildman–Crippen MR) is 163 cm³/mol. The van der Waals surface area contributed by atoms with Crippen LogP contribution in [-0.2, 0) is 16.1 Å². The molecular formula is C30H27Cl4N3O3. The first-order valence-electron chi connectivity index (χ1n) is 12.4. The molecule has 0 saturated carbocycles. The van der Waals surface area contributed by atoms with E-state index in [0.29, 0.717) is 38.4 Å². The number of halogens is 4.